The van der Waals surface area contributed by atoms with Crippen molar-refractivity contribution < 1.29 is 19.1 Å². The molecule has 0 spiro atoms. The van der Waals surface area contributed by atoms with Gasteiger partial charge in [-0.25, -0.2) is 0 Å². The van der Waals surface area contributed by atoms with E-state index >= 15 is 0 Å². The number of amides is 2. The average Bonchev–Trinajstić information content (AvgIpc) is 2.59. The SMILES string of the molecule is COC(=O)[C@H]1CC[C@H](C(=O)NNC(=O)c2ccc(Cl)cc2)CC1. The maximum atomic E-state index is 12.1. The van der Waals surface area contributed by atoms with Crippen LogP contribution in [0.15, 0.2) is 24.3 Å². The van der Waals surface area contributed by atoms with E-state index in [0.29, 0.717) is 36.3 Å². The van der Waals surface area contributed by atoms with E-state index in [4.69, 9.17) is 16.3 Å². The molecule has 0 saturated heterocycles. The molecule has 1 aliphatic rings. The van der Waals surface area contributed by atoms with Crippen LogP contribution >= 0.6 is 11.6 Å². The predicted molar refractivity (Wildman–Crippen MR) is 84.5 cm³/mol. The molecule has 0 aliphatic heterocycles. The van der Waals surface area contributed by atoms with Crippen LogP contribution in [0.4, 0.5) is 0 Å². The first kappa shape index (κ1) is 17.3. The maximum Gasteiger partial charge on any atom is 0.308 e. The Morgan fingerprint density at radius 3 is 2.13 bits per heavy atom. The maximum absolute atomic E-state index is 12.1. The normalized spacial score (nSPS) is 20.4. The second-order valence-electron chi connectivity index (χ2n) is 5.52. The molecule has 1 fully saturated rings. The minimum atomic E-state index is -0.404. The van der Waals surface area contributed by atoms with Gasteiger partial charge in [-0.1, -0.05) is 11.6 Å². The predicted octanol–water partition coefficient (Wildman–Crippen LogP) is 2.08. The molecule has 1 aromatic carbocycles. The highest BCUT2D eigenvalue weighted by Crippen LogP contribution is 2.29. The first-order valence-electron chi connectivity index (χ1n) is 7.45. The standard InChI is InChI=1S/C16H19ClN2O4/c1-23-16(22)12-4-2-10(3-5-12)14(20)18-19-15(21)11-6-8-13(17)9-7-11/h6-10,12H,2-5H2,1H3,(H,18,20)(H,19,21)/t10-,12-. The third-order valence-electron chi connectivity index (χ3n) is 4.04. The van der Waals surface area contributed by atoms with Crippen LogP contribution < -0.4 is 10.9 Å². The highest BCUT2D eigenvalue weighted by atomic mass is 35.5. The fourth-order valence-corrected chi connectivity index (χ4v) is 2.78. The van der Waals surface area contributed by atoms with E-state index in [-0.39, 0.29) is 23.7 Å². The lowest BCUT2D eigenvalue weighted by Gasteiger charge is -2.26. The summed E-state index contributed by atoms with van der Waals surface area (Å²) in [4.78, 5) is 35.4. The topological polar surface area (TPSA) is 84.5 Å². The molecule has 0 heterocycles. The number of methoxy groups -OCH3 is 1. The lowest BCUT2D eigenvalue weighted by Crippen LogP contribution is -2.45. The Labute approximate surface area is 139 Å². The molecule has 0 atom stereocenters. The summed E-state index contributed by atoms with van der Waals surface area (Å²) < 4.78 is 4.72. The number of rotatable bonds is 3. The molecule has 0 unspecified atom stereocenters. The van der Waals surface area contributed by atoms with Crippen LogP contribution in [0.25, 0.3) is 0 Å². The molecule has 6 nitrogen and oxygen atoms in total. The summed E-state index contributed by atoms with van der Waals surface area (Å²) in [5.41, 5.74) is 5.23. The summed E-state index contributed by atoms with van der Waals surface area (Å²) in [6.45, 7) is 0. The summed E-state index contributed by atoms with van der Waals surface area (Å²) in [5.74, 6) is -1.21. The Kier molecular flexibility index (Phi) is 5.98. The number of hydrazine groups is 1. The van der Waals surface area contributed by atoms with Crippen molar-refractivity contribution in [3.63, 3.8) is 0 Å². The number of ether oxygens (including phenoxy) is 1. The third-order valence-corrected chi connectivity index (χ3v) is 4.29. The summed E-state index contributed by atoms with van der Waals surface area (Å²) in [5, 5.41) is 0.535. The van der Waals surface area contributed by atoms with Gasteiger partial charge < -0.3 is 4.74 Å². The van der Waals surface area contributed by atoms with Gasteiger partial charge in [-0.2, -0.15) is 0 Å². The van der Waals surface area contributed by atoms with Gasteiger partial charge in [0.25, 0.3) is 5.91 Å². The first-order chi connectivity index (χ1) is 11.0. The molecule has 124 valence electrons. The van der Waals surface area contributed by atoms with Crippen LogP contribution in [0, 0.1) is 11.8 Å². The number of hydrogen-bond donors (Lipinski definition) is 2. The summed E-state index contributed by atoms with van der Waals surface area (Å²) in [7, 11) is 1.37. The van der Waals surface area contributed by atoms with E-state index in [2.05, 4.69) is 10.9 Å². The van der Waals surface area contributed by atoms with Crippen molar-refractivity contribution in [3.8, 4) is 0 Å². The van der Waals surface area contributed by atoms with Crippen LogP contribution in [0.3, 0.4) is 0 Å². The van der Waals surface area contributed by atoms with Crippen molar-refractivity contribution >= 4 is 29.4 Å². The van der Waals surface area contributed by atoms with Gasteiger partial charge in [-0.3, -0.25) is 25.2 Å². The van der Waals surface area contributed by atoms with Gasteiger partial charge in [0, 0.05) is 16.5 Å². The lowest BCUT2D eigenvalue weighted by molar-refractivity contribution is -0.147. The van der Waals surface area contributed by atoms with E-state index in [1.165, 1.54) is 7.11 Å². The summed E-state index contributed by atoms with van der Waals surface area (Å²) >= 11 is 5.76. The van der Waals surface area contributed by atoms with Gasteiger partial charge in [0.2, 0.25) is 5.91 Å². The van der Waals surface area contributed by atoms with E-state index < -0.39 is 5.91 Å². The zero-order valence-electron chi connectivity index (χ0n) is 12.8. The minimum absolute atomic E-state index is 0.132. The molecule has 2 amide bonds. The number of hydrogen-bond acceptors (Lipinski definition) is 4. The molecule has 7 heteroatoms. The zero-order valence-corrected chi connectivity index (χ0v) is 13.6. The molecule has 2 N–H and O–H groups in total. The lowest BCUT2D eigenvalue weighted by atomic mass is 9.82. The fraction of sp³-hybridized carbons (Fsp3) is 0.438. The molecule has 1 aliphatic carbocycles. The molecular weight excluding hydrogens is 320 g/mol. The van der Waals surface area contributed by atoms with Gasteiger partial charge in [0.15, 0.2) is 0 Å². The quantitative estimate of drug-likeness (QED) is 0.652. The Hall–Kier alpha value is -2.08. The number of carbonyl (C=O) groups is 3. The van der Waals surface area contributed by atoms with E-state index in [0.717, 1.165) is 0 Å². The van der Waals surface area contributed by atoms with Crippen molar-refractivity contribution in [2.75, 3.05) is 7.11 Å². The third kappa shape index (κ3) is 4.69. The molecule has 0 radical (unpaired) electrons. The monoisotopic (exact) mass is 338 g/mol. The fourth-order valence-electron chi connectivity index (χ4n) is 2.65. The number of carbonyl (C=O) groups excluding carboxylic acids is 3. The molecule has 1 aromatic rings. The highest BCUT2D eigenvalue weighted by molar-refractivity contribution is 6.30. The summed E-state index contributed by atoms with van der Waals surface area (Å²) in [6.07, 6.45) is 2.44. The van der Waals surface area contributed by atoms with Crippen molar-refractivity contribution in [3.05, 3.63) is 34.9 Å². The molecule has 1 saturated carbocycles. The van der Waals surface area contributed by atoms with Crippen LogP contribution in [-0.2, 0) is 14.3 Å². The molecule has 23 heavy (non-hydrogen) atoms. The molecule has 2 rings (SSSR count). The Bertz CT molecular complexity index is 580. The van der Waals surface area contributed by atoms with Crippen molar-refractivity contribution in [2.24, 2.45) is 11.8 Å². The van der Waals surface area contributed by atoms with Gasteiger partial charge in [-0.15, -0.1) is 0 Å². The van der Waals surface area contributed by atoms with Crippen molar-refractivity contribution in [1.29, 1.82) is 0 Å². The van der Waals surface area contributed by atoms with Crippen molar-refractivity contribution in [2.45, 2.75) is 25.7 Å². The van der Waals surface area contributed by atoms with Gasteiger partial charge in [-0.05, 0) is 49.9 Å². The highest BCUT2D eigenvalue weighted by Gasteiger charge is 2.30. The molecule has 0 bridgehead atoms. The summed E-state index contributed by atoms with van der Waals surface area (Å²) in [6, 6.07) is 6.36. The van der Waals surface area contributed by atoms with Crippen LogP contribution in [0.1, 0.15) is 36.0 Å². The van der Waals surface area contributed by atoms with Gasteiger partial charge in [0.05, 0.1) is 13.0 Å². The van der Waals surface area contributed by atoms with Gasteiger partial charge in [0.1, 0.15) is 0 Å². The van der Waals surface area contributed by atoms with E-state index in [1.807, 2.05) is 0 Å². The minimum Gasteiger partial charge on any atom is -0.469 e. The Balaban J connectivity index is 1.78. The average molecular weight is 339 g/mol. The Morgan fingerprint density at radius 2 is 1.57 bits per heavy atom. The second kappa shape index (κ2) is 7.97. The smallest absolute Gasteiger partial charge is 0.308 e. The van der Waals surface area contributed by atoms with Gasteiger partial charge >= 0.3 is 5.97 Å². The number of nitrogens with one attached hydrogen (secondary N) is 2. The zero-order chi connectivity index (χ0) is 16.8. The van der Waals surface area contributed by atoms with Crippen molar-refractivity contribution in [1.82, 2.24) is 10.9 Å². The first-order valence-corrected chi connectivity index (χ1v) is 7.82. The second-order valence-corrected chi connectivity index (χ2v) is 5.96. The Morgan fingerprint density at radius 1 is 1.00 bits per heavy atom. The number of esters is 1. The van der Waals surface area contributed by atoms with Crippen LogP contribution in [0.5, 0.6) is 0 Å². The van der Waals surface area contributed by atoms with E-state index in [1.54, 1.807) is 24.3 Å². The van der Waals surface area contributed by atoms with E-state index in [9.17, 15) is 14.4 Å². The molecular formula is C16H19ClN2O4. The number of halogens is 1. The largest absolute Gasteiger partial charge is 0.469 e. The molecule has 0 aromatic heterocycles. The van der Waals surface area contributed by atoms with Crippen LogP contribution in [-0.4, -0.2) is 24.9 Å². The van der Waals surface area contributed by atoms with Crippen LogP contribution in [0.2, 0.25) is 5.02 Å². The number of benzene rings is 1.